The van der Waals surface area contributed by atoms with Crippen LogP contribution in [0.4, 0.5) is 0 Å². The van der Waals surface area contributed by atoms with Crippen molar-refractivity contribution in [3.8, 4) is 28.4 Å². The molecule has 0 heterocycles. The van der Waals surface area contributed by atoms with Gasteiger partial charge in [0.1, 0.15) is 17.2 Å². The minimum Gasteiger partial charge on any atom is -0.507 e. The predicted octanol–water partition coefficient (Wildman–Crippen LogP) is 3.08. The van der Waals surface area contributed by atoms with Crippen molar-refractivity contribution in [3.63, 3.8) is 0 Å². The van der Waals surface area contributed by atoms with Crippen LogP contribution in [0.2, 0.25) is 0 Å². The molecule has 0 bridgehead atoms. The van der Waals surface area contributed by atoms with Crippen molar-refractivity contribution < 1.29 is 14.6 Å². The van der Waals surface area contributed by atoms with E-state index in [1.807, 2.05) is 36.4 Å². The fourth-order valence-electron chi connectivity index (χ4n) is 1.65. The topological polar surface area (TPSA) is 38.7 Å². The molecule has 2 aromatic rings. The fraction of sp³-hybridized carbons (Fsp3) is 0.143. The Hall–Kier alpha value is -2.16. The van der Waals surface area contributed by atoms with E-state index in [9.17, 15) is 5.11 Å². The molecule has 0 saturated carbocycles. The van der Waals surface area contributed by atoms with Crippen LogP contribution in [0.25, 0.3) is 11.1 Å². The quantitative estimate of drug-likeness (QED) is 0.880. The lowest BCUT2D eigenvalue weighted by atomic mass is 10.0. The lowest BCUT2D eigenvalue weighted by molar-refractivity contribution is 0.408. The van der Waals surface area contributed by atoms with Crippen molar-refractivity contribution in [1.82, 2.24) is 0 Å². The summed E-state index contributed by atoms with van der Waals surface area (Å²) in [6.45, 7) is 0. The molecule has 0 saturated heterocycles. The van der Waals surface area contributed by atoms with Crippen molar-refractivity contribution >= 4 is 0 Å². The summed E-state index contributed by atoms with van der Waals surface area (Å²) in [7, 11) is 3.20. The van der Waals surface area contributed by atoms with E-state index in [1.54, 1.807) is 20.3 Å². The van der Waals surface area contributed by atoms with E-state index in [4.69, 9.17) is 9.47 Å². The first-order valence-corrected chi connectivity index (χ1v) is 5.26. The fourth-order valence-corrected chi connectivity index (χ4v) is 1.65. The minimum atomic E-state index is 0.203. The Kier molecular flexibility index (Phi) is 3.19. The van der Waals surface area contributed by atoms with E-state index in [0.717, 1.165) is 16.9 Å². The third-order valence-electron chi connectivity index (χ3n) is 2.61. The van der Waals surface area contributed by atoms with Crippen molar-refractivity contribution in [2.75, 3.05) is 14.2 Å². The van der Waals surface area contributed by atoms with Gasteiger partial charge in [-0.1, -0.05) is 12.1 Å². The average Bonchev–Trinajstić information content (AvgIpc) is 2.39. The Morgan fingerprint density at radius 1 is 0.824 bits per heavy atom. The Morgan fingerprint density at radius 2 is 1.41 bits per heavy atom. The molecule has 0 aliphatic carbocycles. The summed E-state index contributed by atoms with van der Waals surface area (Å²) in [5.41, 5.74) is 1.71. The first-order valence-electron chi connectivity index (χ1n) is 5.26. The number of ether oxygens (including phenoxy) is 2. The van der Waals surface area contributed by atoms with Crippen LogP contribution in [0.1, 0.15) is 0 Å². The van der Waals surface area contributed by atoms with Gasteiger partial charge in [-0.05, 0) is 29.8 Å². The highest BCUT2D eigenvalue weighted by Gasteiger charge is 2.05. The second-order valence-corrected chi connectivity index (χ2v) is 3.61. The minimum absolute atomic E-state index is 0.203. The highest BCUT2D eigenvalue weighted by Crippen LogP contribution is 2.32. The normalized spacial score (nSPS) is 10.0. The molecule has 0 amide bonds. The molecule has 17 heavy (non-hydrogen) atoms. The van der Waals surface area contributed by atoms with Crippen LogP contribution in [-0.4, -0.2) is 19.3 Å². The second kappa shape index (κ2) is 4.78. The molecular weight excluding hydrogens is 216 g/mol. The maximum absolute atomic E-state index is 9.89. The zero-order chi connectivity index (χ0) is 12.3. The summed E-state index contributed by atoms with van der Waals surface area (Å²) in [4.78, 5) is 0. The van der Waals surface area contributed by atoms with Gasteiger partial charge in [-0.2, -0.15) is 0 Å². The molecule has 0 spiro atoms. The molecule has 0 aliphatic rings. The number of phenols is 1. The molecule has 0 fully saturated rings. The molecule has 2 aromatic carbocycles. The van der Waals surface area contributed by atoms with Crippen molar-refractivity contribution in [3.05, 3.63) is 42.5 Å². The van der Waals surface area contributed by atoms with Crippen molar-refractivity contribution in [2.45, 2.75) is 0 Å². The Labute approximate surface area is 100 Å². The van der Waals surface area contributed by atoms with Gasteiger partial charge in [-0.3, -0.25) is 0 Å². The van der Waals surface area contributed by atoms with Crippen LogP contribution in [-0.2, 0) is 0 Å². The maximum Gasteiger partial charge on any atom is 0.127 e. The molecule has 0 aromatic heterocycles. The van der Waals surface area contributed by atoms with Gasteiger partial charge >= 0.3 is 0 Å². The lowest BCUT2D eigenvalue weighted by Gasteiger charge is -2.07. The third-order valence-corrected chi connectivity index (χ3v) is 2.61. The average molecular weight is 230 g/mol. The van der Waals surface area contributed by atoms with Gasteiger partial charge in [0, 0.05) is 11.6 Å². The van der Waals surface area contributed by atoms with Crippen LogP contribution < -0.4 is 9.47 Å². The van der Waals surface area contributed by atoms with Crippen molar-refractivity contribution in [2.24, 2.45) is 0 Å². The molecule has 1 N–H and O–H groups in total. The van der Waals surface area contributed by atoms with Crippen LogP contribution in [0.5, 0.6) is 17.2 Å². The van der Waals surface area contributed by atoms with Crippen LogP contribution in [0.15, 0.2) is 42.5 Å². The summed E-state index contributed by atoms with van der Waals surface area (Å²) >= 11 is 0. The molecule has 2 rings (SSSR count). The van der Waals surface area contributed by atoms with Crippen LogP contribution in [0, 0.1) is 0 Å². The summed E-state index contributed by atoms with van der Waals surface area (Å²) in [6, 6.07) is 12.8. The Bertz CT molecular complexity index is 503. The Balaban J connectivity index is 2.38. The number of phenolic OH excluding ortho intramolecular Hbond substituents is 1. The largest absolute Gasteiger partial charge is 0.507 e. The van der Waals surface area contributed by atoms with Crippen LogP contribution in [0.3, 0.4) is 0 Å². The van der Waals surface area contributed by atoms with E-state index in [-0.39, 0.29) is 5.75 Å². The van der Waals surface area contributed by atoms with Gasteiger partial charge in [0.25, 0.3) is 0 Å². The number of methoxy groups -OCH3 is 2. The predicted molar refractivity (Wildman–Crippen MR) is 66.6 cm³/mol. The molecule has 0 radical (unpaired) electrons. The SMILES string of the molecule is COc1ccc(-c2ccc(OC)cc2O)cc1. The highest BCUT2D eigenvalue weighted by atomic mass is 16.5. The van der Waals surface area contributed by atoms with Gasteiger partial charge in [0.15, 0.2) is 0 Å². The van der Waals surface area contributed by atoms with Gasteiger partial charge in [0.2, 0.25) is 0 Å². The smallest absolute Gasteiger partial charge is 0.127 e. The number of hydrogen-bond donors (Lipinski definition) is 1. The van der Waals surface area contributed by atoms with Gasteiger partial charge < -0.3 is 14.6 Å². The van der Waals surface area contributed by atoms with E-state index in [1.165, 1.54) is 0 Å². The second-order valence-electron chi connectivity index (χ2n) is 3.61. The number of rotatable bonds is 3. The number of hydrogen-bond acceptors (Lipinski definition) is 3. The van der Waals surface area contributed by atoms with Gasteiger partial charge in [-0.15, -0.1) is 0 Å². The number of aromatic hydroxyl groups is 1. The van der Waals surface area contributed by atoms with Crippen molar-refractivity contribution in [1.29, 1.82) is 0 Å². The maximum atomic E-state index is 9.89. The van der Waals surface area contributed by atoms with E-state index in [0.29, 0.717) is 5.75 Å². The van der Waals surface area contributed by atoms with E-state index < -0.39 is 0 Å². The number of benzene rings is 2. The zero-order valence-corrected chi connectivity index (χ0v) is 9.81. The standard InChI is InChI=1S/C14H14O3/c1-16-11-5-3-10(4-6-11)13-8-7-12(17-2)9-14(13)15/h3-9,15H,1-2H3. The molecule has 0 unspecified atom stereocenters. The summed E-state index contributed by atoms with van der Waals surface area (Å²) in [5, 5.41) is 9.89. The lowest BCUT2D eigenvalue weighted by Crippen LogP contribution is -1.85. The highest BCUT2D eigenvalue weighted by molar-refractivity contribution is 5.71. The van der Waals surface area contributed by atoms with Gasteiger partial charge in [0.05, 0.1) is 14.2 Å². The molecule has 88 valence electrons. The van der Waals surface area contributed by atoms with E-state index >= 15 is 0 Å². The zero-order valence-electron chi connectivity index (χ0n) is 9.81. The molecule has 3 nitrogen and oxygen atoms in total. The first-order chi connectivity index (χ1) is 8.24. The van der Waals surface area contributed by atoms with Crippen LogP contribution >= 0.6 is 0 Å². The molecule has 0 aliphatic heterocycles. The molecule has 0 atom stereocenters. The van der Waals surface area contributed by atoms with E-state index in [2.05, 4.69) is 0 Å². The monoisotopic (exact) mass is 230 g/mol. The third kappa shape index (κ3) is 2.33. The summed E-state index contributed by atoms with van der Waals surface area (Å²) in [6.07, 6.45) is 0. The first kappa shape index (κ1) is 11.3. The Morgan fingerprint density at radius 3 is 1.94 bits per heavy atom. The summed E-state index contributed by atoms with van der Waals surface area (Å²) in [5.74, 6) is 1.64. The molecular formula is C14H14O3. The summed E-state index contributed by atoms with van der Waals surface area (Å²) < 4.78 is 10.1. The van der Waals surface area contributed by atoms with Gasteiger partial charge in [-0.25, -0.2) is 0 Å². The molecule has 3 heteroatoms.